The first-order chi connectivity index (χ1) is 41.1. The van der Waals surface area contributed by atoms with E-state index in [0.717, 1.165) is 41.4 Å². The number of nitrogens with one attached hydrogen (secondary N) is 3. The molecule has 9 rings (SSSR count). The molecule has 0 unspecified atom stereocenters. The third-order valence-corrected chi connectivity index (χ3v) is 15.0. The van der Waals surface area contributed by atoms with Crippen LogP contribution in [0.5, 0.6) is 17.2 Å². The maximum absolute atomic E-state index is 15.9. The maximum Gasteiger partial charge on any atom is 0.586 e. The molecule has 7 aromatic rings. The van der Waals surface area contributed by atoms with Gasteiger partial charge in [-0.1, -0.05) is 41.9 Å². The van der Waals surface area contributed by atoms with E-state index in [-0.39, 0.29) is 74.7 Å². The summed E-state index contributed by atoms with van der Waals surface area (Å²) in [7, 11) is 0. The zero-order chi connectivity index (χ0) is 61.2. The standard InChI is InChI=1S/C60H64BrF7N8O10/c1-57(2,54-25-38-24-49(48(63)27-50(38)76(54)32-45(78)33-77)72-56(80)58(14-15-58)41-7-12-52-53(26-41)86-60(67,68)85-52)36-83-19-5-3-4-18-82-35-44-10-9-43(73-74-44)31-75-30-40(29-71-75)55(79)70-17-21-81-20-16-69-28-39-23-42(61)8-13-51(39)84-34-37-6-11-47(62)46(22-37)59(64,65)66/h6-13,22-27,29-30,45,69,77-78H,3-5,14-21,28,31-36H2,1-2H3,(H,70,79)(H,72,80)/t45-/m1/s1. The van der Waals surface area contributed by atoms with Gasteiger partial charge in [0.05, 0.1) is 97.6 Å². The summed E-state index contributed by atoms with van der Waals surface area (Å²) in [6.07, 6.45) is -3.53. The minimum atomic E-state index is -4.82. The summed E-state index contributed by atoms with van der Waals surface area (Å²) in [6, 6.07) is 20.5. The van der Waals surface area contributed by atoms with Gasteiger partial charge in [0.2, 0.25) is 5.91 Å². The van der Waals surface area contributed by atoms with Gasteiger partial charge in [-0.3, -0.25) is 14.3 Å². The van der Waals surface area contributed by atoms with Crippen molar-refractivity contribution in [3.63, 3.8) is 0 Å². The average Bonchev–Trinajstić information content (AvgIpc) is 3.41. The first-order valence-electron chi connectivity index (χ1n) is 27.8. The molecule has 1 aliphatic heterocycles. The Labute approximate surface area is 498 Å². The van der Waals surface area contributed by atoms with Gasteiger partial charge in [-0.2, -0.15) is 28.5 Å². The summed E-state index contributed by atoms with van der Waals surface area (Å²) in [5, 5.41) is 42.4. The molecule has 2 amide bonds. The first-order valence-corrected chi connectivity index (χ1v) is 28.6. The fourth-order valence-electron chi connectivity index (χ4n) is 9.79. The van der Waals surface area contributed by atoms with Crippen molar-refractivity contribution in [2.75, 3.05) is 58.0 Å². The van der Waals surface area contributed by atoms with Crippen LogP contribution in [0.25, 0.3) is 10.9 Å². The number of aliphatic hydroxyl groups excluding tert-OH is 2. The van der Waals surface area contributed by atoms with E-state index in [9.17, 15) is 46.1 Å². The number of anilines is 1. The van der Waals surface area contributed by atoms with Crippen LogP contribution in [-0.2, 0) is 68.9 Å². The number of hydrogen-bond acceptors (Lipinski definition) is 14. The second-order valence-corrected chi connectivity index (χ2v) is 22.5. The van der Waals surface area contributed by atoms with Crippen molar-refractivity contribution in [1.82, 2.24) is 35.2 Å². The molecule has 4 heterocycles. The third kappa shape index (κ3) is 16.2. The van der Waals surface area contributed by atoms with Crippen LogP contribution in [0.1, 0.15) is 95.6 Å². The van der Waals surface area contributed by atoms with Gasteiger partial charge in [0.1, 0.15) is 24.0 Å². The lowest BCUT2D eigenvalue weighted by Gasteiger charge is -2.27. The Morgan fingerprint density at radius 2 is 1.58 bits per heavy atom. The summed E-state index contributed by atoms with van der Waals surface area (Å²) < 4.78 is 133. The Morgan fingerprint density at radius 1 is 0.826 bits per heavy atom. The van der Waals surface area contributed by atoms with Crippen LogP contribution < -0.4 is 30.2 Å². The maximum atomic E-state index is 15.9. The van der Waals surface area contributed by atoms with Crippen LogP contribution in [0.15, 0.2) is 102 Å². The number of aromatic nitrogens is 5. The van der Waals surface area contributed by atoms with Crippen molar-refractivity contribution in [2.45, 2.75) is 108 Å². The Balaban J connectivity index is 0.639. The Morgan fingerprint density at radius 3 is 2.34 bits per heavy atom. The summed E-state index contributed by atoms with van der Waals surface area (Å²) >= 11 is 3.42. The number of aliphatic hydroxyl groups is 2. The van der Waals surface area contributed by atoms with E-state index < -0.39 is 59.1 Å². The van der Waals surface area contributed by atoms with Crippen LogP contribution in [-0.4, -0.2) is 112 Å². The molecule has 86 heavy (non-hydrogen) atoms. The van der Waals surface area contributed by atoms with Crippen LogP contribution in [0.2, 0.25) is 0 Å². The lowest BCUT2D eigenvalue weighted by molar-refractivity contribution is -0.286. The molecule has 18 nitrogen and oxygen atoms in total. The number of rotatable bonds is 31. The van der Waals surface area contributed by atoms with E-state index in [0.29, 0.717) is 90.6 Å². The Kier molecular flexibility index (Phi) is 20.4. The molecule has 5 N–H and O–H groups in total. The lowest BCUT2D eigenvalue weighted by Crippen LogP contribution is -2.30. The summed E-state index contributed by atoms with van der Waals surface area (Å²) in [5.74, 6) is -2.78. The highest BCUT2D eigenvalue weighted by molar-refractivity contribution is 9.10. The van der Waals surface area contributed by atoms with Gasteiger partial charge < -0.3 is 59.2 Å². The average molecular weight is 1270 g/mol. The van der Waals surface area contributed by atoms with Crippen molar-refractivity contribution in [2.24, 2.45) is 0 Å². The number of carbonyl (C=O) groups is 2. The highest BCUT2D eigenvalue weighted by Crippen LogP contribution is 2.52. The predicted molar refractivity (Wildman–Crippen MR) is 303 cm³/mol. The van der Waals surface area contributed by atoms with Crippen molar-refractivity contribution >= 4 is 44.3 Å². The van der Waals surface area contributed by atoms with E-state index >= 15 is 4.39 Å². The molecule has 0 saturated heterocycles. The van der Waals surface area contributed by atoms with Crippen LogP contribution in [0.4, 0.5) is 36.4 Å². The van der Waals surface area contributed by atoms with Gasteiger partial charge in [-0.25, -0.2) is 8.78 Å². The molecule has 1 atom stereocenters. The molecular weight excluding hydrogens is 1210 g/mol. The van der Waals surface area contributed by atoms with Gasteiger partial charge in [0.15, 0.2) is 11.5 Å². The molecule has 1 aliphatic carbocycles. The monoisotopic (exact) mass is 1270 g/mol. The van der Waals surface area contributed by atoms with Crippen molar-refractivity contribution in [1.29, 1.82) is 0 Å². The number of amides is 2. The van der Waals surface area contributed by atoms with Crippen molar-refractivity contribution in [3.8, 4) is 17.2 Å². The Bertz CT molecular complexity index is 3490. The molecule has 26 heteroatoms. The molecule has 460 valence electrons. The van der Waals surface area contributed by atoms with Gasteiger partial charge >= 0.3 is 12.5 Å². The van der Waals surface area contributed by atoms with Crippen LogP contribution >= 0.6 is 15.9 Å². The number of ether oxygens (including phenoxy) is 6. The van der Waals surface area contributed by atoms with E-state index in [4.69, 9.17) is 18.9 Å². The first kappa shape index (κ1) is 63.3. The van der Waals surface area contributed by atoms with Crippen LogP contribution in [0, 0.1) is 11.6 Å². The number of fused-ring (bicyclic) bond motifs is 2. The zero-order valence-electron chi connectivity index (χ0n) is 47.0. The lowest BCUT2D eigenvalue weighted by atomic mass is 9.90. The highest BCUT2D eigenvalue weighted by Gasteiger charge is 2.53. The number of alkyl halides is 5. The van der Waals surface area contributed by atoms with Gasteiger partial charge in [-0.15, -0.1) is 8.78 Å². The van der Waals surface area contributed by atoms with Gasteiger partial charge in [0.25, 0.3) is 5.91 Å². The largest absolute Gasteiger partial charge is 0.586 e. The molecule has 0 radical (unpaired) electrons. The zero-order valence-corrected chi connectivity index (χ0v) is 48.5. The molecular formula is C60H64BrF7N8O10. The Hall–Kier alpha value is -7.20. The minimum Gasteiger partial charge on any atom is -0.489 e. The van der Waals surface area contributed by atoms with Crippen molar-refractivity contribution in [3.05, 3.63) is 158 Å². The number of carbonyl (C=O) groups excluding carboxylic acids is 2. The normalized spacial score (nSPS) is 14.6. The molecule has 0 spiro atoms. The van der Waals surface area contributed by atoms with Gasteiger partial charge in [-0.05, 0) is 110 Å². The van der Waals surface area contributed by atoms with E-state index in [2.05, 4.69) is 56.7 Å². The number of benzene rings is 4. The predicted octanol–water partition coefficient (Wildman–Crippen LogP) is 9.88. The summed E-state index contributed by atoms with van der Waals surface area (Å²) in [4.78, 5) is 26.5. The van der Waals surface area contributed by atoms with Crippen molar-refractivity contribution < 1.29 is 79.0 Å². The molecule has 1 saturated carbocycles. The fraction of sp³-hybridized carbons (Fsp3) is 0.417. The van der Waals surface area contributed by atoms with E-state index in [1.807, 2.05) is 38.1 Å². The minimum absolute atomic E-state index is 0.0281. The fourth-order valence-corrected chi connectivity index (χ4v) is 10.2. The number of unbranched alkanes of at least 4 members (excludes halogenated alkanes) is 2. The van der Waals surface area contributed by atoms with Crippen LogP contribution in [0.3, 0.4) is 0 Å². The third-order valence-electron chi connectivity index (χ3n) is 14.5. The van der Waals surface area contributed by atoms with Gasteiger partial charge in [0, 0.05) is 71.6 Å². The highest BCUT2D eigenvalue weighted by atomic mass is 79.9. The molecule has 1 fully saturated rings. The molecule has 2 aliphatic rings. The quantitative estimate of drug-likeness (QED) is 0.0202. The summed E-state index contributed by atoms with van der Waals surface area (Å²) in [5.41, 5.74) is 1.01. The summed E-state index contributed by atoms with van der Waals surface area (Å²) in [6.45, 7) is 6.60. The molecule has 0 bridgehead atoms. The SMILES string of the molecule is CC(C)(COCCCCCOCc1ccc(Cn2cc(C(=O)NCCOCCNCc3cc(Br)ccc3OCc3ccc(F)c(C(F)(F)F)c3)cn2)nn1)c1cc2cc(NC(=O)C3(c4ccc5c(c4)OC(F)(F)O5)CC3)c(F)cc2n1C[C@@H](O)CO. The number of hydrogen-bond donors (Lipinski definition) is 5. The molecule has 4 aromatic carbocycles. The number of halogens is 8. The smallest absolute Gasteiger partial charge is 0.489 e. The second kappa shape index (κ2) is 27.7. The topological polar surface area (TPSA) is 215 Å². The second-order valence-electron chi connectivity index (χ2n) is 21.6. The van der Waals surface area contributed by atoms with E-state index in [1.54, 1.807) is 27.6 Å². The van der Waals surface area contributed by atoms with E-state index in [1.165, 1.54) is 42.6 Å². The molecule has 3 aromatic heterocycles. The number of nitrogens with zero attached hydrogens (tertiary/aromatic N) is 5.